The third kappa shape index (κ3) is 5.11. The van der Waals surface area contributed by atoms with Crippen LogP contribution in [-0.4, -0.2) is 39.3 Å². The molecule has 156 valence electrons. The number of amides is 1. The van der Waals surface area contributed by atoms with Gasteiger partial charge in [-0.25, -0.2) is 4.79 Å². The zero-order valence-electron chi connectivity index (χ0n) is 16.5. The predicted octanol–water partition coefficient (Wildman–Crippen LogP) is 3.78. The lowest BCUT2D eigenvalue weighted by Gasteiger charge is -2.15. The number of benzene rings is 2. The largest absolute Gasteiger partial charge is 0.493 e. The van der Waals surface area contributed by atoms with Crippen LogP contribution in [-0.2, 0) is 4.74 Å². The molecule has 0 fully saturated rings. The summed E-state index contributed by atoms with van der Waals surface area (Å²) in [6.07, 6.45) is 1.38. The molecule has 3 rings (SSSR count). The highest BCUT2D eigenvalue weighted by molar-refractivity contribution is 6.07. The average molecular weight is 411 g/mol. The third-order valence-corrected chi connectivity index (χ3v) is 4.07. The third-order valence-electron chi connectivity index (χ3n) is 4.07. The normalized spacial score (nSPS) is 10.2. The first-order valence-corrected chi connectivity index (χ1v) is 9.08. The van der Waals surface area contributed by atoms with Gasteiger partial charge in [0, 0.05) is 12.1 Å². The van der Waals surface area contributed by atoms with E-state index in [2.05, 4.69) is 5.32 Å². The summed E-state index contributed by atoms with van der Waals surface area (Å²) < 4.78 is 26.4. The lowest BCUT2D eigenvalue weighted by molar-refractivity contribution is 0.0451. The van der Waals surface area contributed by atoms with Gasteiger partial charge in [0.05, 0.1) is 31.7 Å². The van der Waals surface area contributed by atoms with Crippen LogP contribution >= 0.6 is 0 Å². The highest BCUT2D eigenvalue weighted by atomic mass is 16.6. The van der Waals surface area contributed by atoms with Crippen LogP contribution in [0.25, 0.3) is 0 Å². The van der Waals surface area contributed by atoms with Crippen LogP contribution in [0.2, 0.25) is 0 Å². The number of anilines is 1. The molecule has 3 aromatic rings. The molecule has 0 aliphatic rings. The van der Waals surface area contributed by atoms with Crippen molar-refractivity contribution in [3.8, 4) is 17.2 Å². The van der Waals surface area contributed by atoms with Crippen molar-refractivity contribution in [1.29, 1.82) is 0 Å². The fourth-order valence-electron chi connectivity index (χ4n) is 2.63. The van der Waals surface area contributed by atoms with Gasteiger partial charge in [-0.3, -0.25) is 4.79 Å². The first-order valence-electron chi connectivity index (χ1n) is 9.08. The molecule has 0 bridgehead atoms. The summed E-state index contributed by atoms with van der Waals surface area (Å²) in [6, 6.07) is 15.2. The number of rotatable bonds is 9. The number of carbonyl (C=O) groups excluding carboxylic acids is 2. The van der Waals surface area contributed by atoms with Gasteiger partial charge >= 0.3 is 5.97 Å². The van der Waals surface area contributed by atoms with Gasteiger partial charge in [-0.2, -0.15) is 0 Å². The van der Waals surface area contributed by atoms with E-state index in [1.807, 2.05) is 18.2 Å². The summed E-state index contributed by atoms with van der Waals surface area (Å²) >= 11 is 0. The van der Waals surface area contributed by atoms with Crippen LogP contribution in [0.4, 0.5) is 5.69 Å². The fourth-order valence-corrected chi connectivity index (χ4v) is 2.63. The van der Waals surface area contributed by atoms with Crippen LogP contribution in [0.3, 0.4) is 0 Å². The molecule has 8 heteroatoms. The highest BCUT2D eigenvalue weighted by Gasteiger charge is 2.21. The zero-order chi connectivity index (χ0) is 21.3. The van der Waals surface area contributed by atoms with Crippen LogP contribution < -0.4 is 19.5 Å². The minimum absolute atomic E-state index is 0.0215. The van der Waals surface area contributed by atoms with E-state index in [9.17, 15) is 9.59 Å². The van der Waals surface area contributed by atoms with Crippen molar-refractivity contribution >= 4 is 17.6 Å². The first kappa shape index (κ1) is 20.8. The van der Waals surface area contributed by atoms with E-state index in [0.717, 1.165) is 0 Å². The lowest BCUT2D eigenvalue weighted by atomic mass is 10.1. The lowest BCUT2D eigenvalue weighted by Crippen LogP contribution is -2.17. The summed E-state index contributed by atoms with van der Waals surface area (Å²) in [5.41, 5.74) is 0.301. The molecule has 1 heterocycles. The van der Waals surface area contributed by atoms with E-state index in [-0.39, 0.29) is 30.2 Å². The van der Waals surface area contributed by atoms with Crippen LogP contribution in [0, 0.1) is 0 Å². The molecule has 0 spiro atoms. The van der Waals surface area contributed by atoms with Gasteiger partial charge in [0.25, 0.3) is 5.91 Å². The maximum Gasteiger partial charge on any atom is 0.340 e. The van der Waals surface area contributed by atoms with E-state index >= 15 is 0 Å². The maximum atomic E-state index is 12.7. The van der Waals surface area contributed by atoms with Crippen molar-refractivity contribution in [2.75, 3.05) is 32.8 Å². The van der Waals surface area contributed by atoms with Gasteiger partial charge in [0.15, 0.2) is 17.3 Å². The van der Waals surface area contributed by atoms with Crippen LogP contribution in [0.1, 0.15) is 20.9 Å². The molecule has 1 aromatic heterocycles. The summed E-state index contributed by atoms with van der Waals surface area (Å²) in [5, 5.41) is 2.64. The Hall–Kier alpha value is -3.94. The Bertz CT molecular complexity index is 984. The molecular formula is C22H21NO7. The number of esters is 1. The number of hydrogen-bond acceptors (Lipinski definition) is 7. The first-order chi connectivity index (χ1) is 14.6. The SMILES string of the molecule is COc1cc(NC(=O)c2ccco2)c(C(=O)OCCOc2ccccc2)cc1OC. The highest BCUT2D eigenvalue weighted by Crippen LogP contribution is 2.34. The van der Waals surface area contributed by atoms with E-state index in [1.165, 1.54) is 38.7 Å². The molecule has 0 atom stereocenters. The van der Waals surface area contributed by atoms with E-state index in [0.29, 0.717) is 17.2 Å². The molecule has 0 aliphatic carbocycles. The number of methoxy groups -OCH3 is 2. The number of ether oxygens (including phenoxy) is 4. The minimum Gasteiger partial charge on any atom is -0.493 e. The second-order valence-electron chi connectivity index (χ2n) is 5.98. The zero-order valence-corrected chi connectivity index (χ0v) is 16.5. The van der Waals surface area contributed by atoms with Gasteiger partial charge < -0.3 is 28.7 Å². The van der Waals surface area contributed by atoms with Gasteiger partial charge in [-0.1, -0.05) is 18.2 Å². The topological polar surface area (TPSA) is 96.2 Å². The molecular weight excluding hydrogens is 390 g/mol. The Morgan fingerprint density at radius 2 is 1.67 bits per heavy atom. The second kappa shape index (κ2) is 10.0. The maximum absolute atomic E-state index is 12.7. The number of hydrogen-bond donors (Lipinski definition) is 1. The molecule has 1 amide bonds. The van der Waals surface area contributed by atoms with E-state index in [4.69, 9.17) is 23.4 Å². The second-order valence-corrected chi connectivity index (χ2v) is 5.98. The standard InChI is InChI=1S/C22H21NO7/c1-26-19-13-16(22(25)30-12-11-28-15-7-4-3-5-8-15)17(14-20(19)27-2)23-21(24)18-9-6-10-29-18/h3-10,13-14H,11-12H2,1-2H3,(H,23,24). The van der Waals surface area contributed by atoms with Crippen molar-refractivity contribution in [2.24, 2.45) is 0 Å². The molecule has 0 saturated carbocycles. The summed E-state index contributed by atoms with van der Waals surface area (Å²) in [6.45, 7) is 0.199. The van der Waals surface area contributed by atoms with Gasteiger partial charge in [0.2, 0.25) is 0 Å². The molecule has 30 heavy (non-hydrogen) atoms. The van der Waals surface area contributed by atoms with Gasteiger partial charge in [0.1, 0.15) is 19.0 Å². The Kier molecular flexibility index (Phi) is 6.94. The Morgan fingerprint density at radius 3 is 2.33 bits per heavy atom. The molecule has 0 unspecified atom stereocenters. The van der Waals surface area contributed by atoms with Gasteiger partial charge in [-0.15, -0.1) is 0 Å². The van der Waals surface area contributed by atoms with Crippen LogP contribution in [0.15, 0.2) is 65.3 Å². The number of furan rings is 1. The van der Waals surface area contributed by atoms with Gasteiger partial charge in [-0.05, 0) is 24.3 Å². The summed E-state index contributed by atoms with van der Waals surface area (Å²) in [4.78, 5) is 25.0. The van der Waals surface area contributed by atoms with Crippen molar-refractivity contribution in [3.63, 3.8) is 0 Å². The Morgan fingerprint density at radius 1 is 0.933 bits per heavy atom. The summed E-state index contributed by atoms with van der Waals surface area (Å²) in [5.74, 6) is 0.264. The predicted molar refractivity (Wildman–Crippen MR) is 108 cm³/mol. The van der Waals surface area contributed by atoms with E-state index < -0.39 is 11.9 Å². The smallest absolute Gasteiger partial charge is 0.340 e. The molecule has 2 aromatic carbocycles. The van der Waals surface area contributed by atoms with Crippen molar-refractivity contribution in [2.45, 2.75) is 0 Å². The van der Waals surface area contributed by atoms with Crippen molar-refractivity contribution < 1.29 is 33.0 Å². The summed E-state index contributed by atoms with van der Waals surface area (Å²) in [7, 11) is 2.90. The number of nitrogens with one attached hydrogen (secondary N) is 1. The fraction of sp³-hybridized carbons (Fsp3) is 0.182. The quantitative estimate of drug-likeness (QED) is 0.423. The molecule has 8 nitrogen and oxygen atoms in total. The molecule has 1 N–H and O–H groups in total. The van der Waals surface area contributed by atoms with Crippen molar-refractivity contribution in [3.05, 3.63) is 72.2 Å². The Labute approximate surface area is 173 Å². The minimum atomic E-state index is -0.651. The molecule has 0 radical (unpaired) electrons. The number of para-hydroxylation sites is 1. The Balaban J connectivity index is 1.73. The number of carbonyl (C=O) groups is 2. The van der Waals surface area contributed by atoms with Crippen LogP contribution in [0.5, 0.6) is 17.2 Å². The molecule has 0 aliphatic heterocycles. The monoisotopic (exact) mass is 411 g/mol. The van der Waals surface area contributed by atoms with Crippen molar-refractivity contribution in [1.82, 2.24) is 0 Å². The molecule has 0 saturated heterocycles. The average Bonchev–Trinajstić information content (AvgIpc) is 3.32. The van der Waals surface area contributed by atoms with E-state index in [1.54, 1.807) is 18.2 Å².